The van der Waals surface area contributed by atoms with Crippen LogP contribution in [0.3, 0.4) is 0 Å². The van der Waals surface area contributed by atoms with Crippen molar-refractivity contribution in [2.75, 3.05) is 46.1 Å². The van der Waals surface area contributed by atoms with Crippen molar-refractivity contribution in [2.45, 2.75) is 64.8 Å². The summed E-state index contributed by atoms with van der Waals surface area (Å²) in [7, 11) is 0. The van der Waals surface area contributed by atoms with Crippen LogP contribution in [0.25, 0.3) is 0 Å². The molecule has 2 aromatic rings. The summed E-state index contributed by atoms with van der Waals surface area (Å²) < 4.78 is 18.3. The van der Waals surface area contributed by atoms with Crippen LogP contribution in [0.4, 0.5) is 0 Å². The summed E-state index contributed by atoms with van der Waals surface area (Å²) in [6.07, 6.45) is 6.82. The number of hydrogen-bond donors (Lipinski definition) is 0. The molecule has 7 heteroatoms. The quantitative estimate of drug-likeness (QED) is 0.481. The maximum Gasteiger partial charge on any atom is 0.257 e. The first-order valence-corrected chi connectivity index (χ1v) is 15.1. The molecule has 0 radical (unpaired) electrons. The van der Waals surface area contributed by atoms with E-state index in [-0.39, 0.29) is 23.3 Å². The van der Waals surface area contributed by atoms with Crippen LogP contribution in [0.1, 0.15) is 79.5 Å². The van der Waals surface area contributed by atoms with E-state index < -0.39 is 0 Å². The summed E-state index contributed by atoms with van der Waals surface area (Å²) >= 11 is 0. The molecule has 0 saturated carbocycles. The van der Waals surface area contributed by atoms with Crippen molar-refractivity contribution in [1.29, 1.82) is 0 Å². The van der Waals surface area contributed by atoms with E-state index in [0.717, 1.165) is 57.2 Å². The molecule has 5 rings (SSSR count). The monoisotopic (exact) mass is 548 g/mol. The summed E-state index contributed by atoms with van der Waals surface area (Å²) in [6.45, 7) is 8.91. The molecule has 40 heavy (non-hydrogen) atoms. The number of carbonyl (C=O) groups excluding carboxylic acids is 2. The van der Waals surface area contributed by atoms with Crippen molar-refractivity contribution in [2.24, 2.45) is 11.3 Å². The van der Waals surface area contributed by atoms with Gasteiger partial charge in [-0.05, 0) is 80.8 Å². The van der Waals surface area contributed by atoms with Gasteiger partial charge in [0, 0.05) is 37.2 Å². The van der Waals surface area contributed by atoms with Crippen molar-refractivity contribution in [3.63, 3.8) is 0 Å². The van der Waals surface area contributed by atoms with E-state index in [1.807, 2.05) is 58.3 Å². The van der Waals surface area contributed by atoms with Crippen LogP contribution in [0.5, 0.6) is 11.5 Å². The number of amides is 2. The lowest BCUT2D eigenvalue weighted by Gasteiger charge is -2.42. The lowest BCUT2D eigenvalue weighted by Crippen LogP contribution is -2.45. The summed E-state index contributed by atoms with van der Waals surface area (Å²) in [5.41, 5.74) is 1.29. The van der Waals surface area contributed by atoms with E-state index in [1.165, 1.54) is 0 Å². The van der Waals surface area contributed by atoms with Gasteiger partial charge in [-0.15, -0.1) is 0 Å². The highest BCUT2D eigenvalue weighted by Gasteiger charge is 2.38. The minimum atomic E-state index is -0.0399. The van der Waals surface area contributed by atoms with Gasteiger partial charge in [0.15, 0.2) is 0 Å². The summed E-state index contributed by atoms with van der Waals surface area (Å²) in [4.78, 5) is 30.8. The Hall–Kier alpha value is -3.06. The molecule has 2 amide bonds. The molecule has 0 N–H and O–H groups in total. The number of para-hydroxylation sites is 1. The number of nitrogens with zero attached hydrogens (tertiary/aromatic N) is 2. The van der Waals surface area contributed by atoms with E-state index in [9.17, 15) is 9.59 Å². The maximum absolute atomic E-state index is 13.5. The molecule has 3 aliphatic rings. The second-order valence-corrected chi connectivity index (χ2v) is 12.1. The van der Waals surface area contributed by atoms with E-state index in [4.69, 9.17) is 14.2 Å². The van der Waals surface area contributed by atoms with Crippen LogP contribution >= 0.6 is 0 Å². The van der Waals surface area contributed by atoms with Crippen molar-refractivity contribution in [3.8, 4) is 11.5 Å². The average molecular weight is 549 g/mol. The summed E-state index contributed by atoms with van der Waals surface area (Å²) in [5, 5.41) is 0. The van der Waals surface area contributed by atoms with Gasteiger partial charge in [0.2, 0.25) is 0 Å². The average Bonchev–Trinajstić information content (AvgIpc) is 3.45. The zero-order valence-electron chi connectivity index (χ0n) is 24.1. The summed E-state index contributed by atoms with van der Waals surface area (Å²) in [6, 6.07) is 15.3. The minimum Gasteiger partial charge on any atom is -0.493 e. The van der Waals surface area contributed by atoms with Crippen molar-refractivity contribution in [1.82, 2.24) is 9.80 Å². The van der Waals surface area contributed by atoms with Crippen LogP contribution < -0.4 is 9.47 Å². The number of rotatable bonds is 4. The summed E-state index contributed by atoms with van der Waals surface area (Å²) in [5.74, 6) is 2.01. The van der Waals surface area contributed by atoms with Crippen LogP contribution in [0, 0.1) is 11.3 Å². The van der Waals surface area contributed by atoms with Crippen molar-refractivity contribution < 1.29 is 23.8 Å². The lowest BCUT2D eigenvalue weighted by atomic mass is 9.75. The molecule has 2 fully saturated rings. The third-order valence-electron chi connectivity index (χ3n) is 8.64. The number of ether oxygens (including phenoxy) is 3. The molecule has 1 atom stereocenters. The first kappa shape index (κ1) is 28.5. The van der Waals surface area contributed by atoms with Gasteiger partial charge in [0.25, 0.3) is 11.8 Å². The Morgan fingerprint density at radius 1 is 1.00 bits per heavy atom. The van der Waals surface area contributed by atoms with Gasteiger partial charge in [-0.3, -0.25) is 9.59 Å². The minimum absolute atomic E-state index is 0.0360. The molecule has 7 nitrogen and oxygen atoms in total. The van der Waals surface area contributed by atoms with E-state index in [0.29, 0.717) is 62.3 Å². The molecule has 3 aliphatic heterocycles. The molecule has 2 saturated heterocycles. The topological polar surface area (TPSA) is 68.3 Å². The largest absolute Gasteiger partial charge is 0.493 e. The molecule has 0 bridgehead atoms. The van der Waals surface area contributed by atoms with Crippen molar-refractivity contribution in [3.05, 3.63) is 59.7 Å². The number of piperidine rings is 1. The van der Waals surface area contributed by atoms with E-state index in [1.54, 1.807) is 0 Å². The Kier molecular flexibility index (Phi) is 9.30. The van der Waals surface area contributed by atoms with E-state index in [2.05, 4.69) is 13.8 Å². The van der Waals surface area contributed by atoms with E-state index >= 15 is 0 Å². The molecule has 0 unspecified atom stereocenters. The number of hydrogen-bond acceptors (Lipinski definition) is 5. The Morgan fingerprint density at radius 3 is 2.55 bits per heavy atom. The molecule has 1 spiro atoms. The maximum atomic E-state index is 13.5. The van der Waals surface area contributed by atoms with Gasteiger partial charge >= 0.3 is 0 Å². The lowest BCUT2D eigenvalue weighted by molar-refractivity contribution is 0.0303. The zero-order valence-corrected chi connectivity index (χ0v) is 24.1. The molecule has 0 aromatic heterocycles. The normalized spacial score (nSPS) is 21.9. The molecule has 0 aliphatic carbocycles. The molecule has 216 valence electrons. The second-order valence-electron chi connectivity index (χ2n) is 12.1. The predicted octanol–water partition coefficient (Wildman–Crippen LogP) is 5.83. The molecule has 3 heterocycles. The third-order valence-corrected chi connectivity index (χ3v) is 8.64. The molecular formula is C33H44N2O5. The Bertz CT molecular complexity index is 1140. The van der Waals surface area contributed by atoms with Gasteiger partial charge in [-0.25, -0.2) is 0 Å². The first-order valence-electron chi connectivity index (χ1n) is 15.1. The molecular weight excluding hydrogens is 504 g/mol. The third kappa shape index (κ3) is 6.80. The van der Waals surface area contributed by atoms with Gasteiger partial charge in [0.05, 0.1) is 31.4 Å². The highest BCUT2D eigenvalue weighted by atomic mass is 16.5. The standard InChI is InChI=1S/C33H44N2O5/c1-25(2)22-39-28-13-11-26(12-14-28)31(36)34-19-16-33(17-20-34)15-5-6-21-38-23-27-8-7-18-35(27)32(37)29-9-3-4-10-30(29)40-24-33/h3-4,9-14,25,27H,5-8,15-24H2,1-2H3/t27-/m0/s1. The zero-order chi connectivity index (χ0) is 28.0. The fraction of sp³-hybridized carbons (Fsp3) is 0.576. The molecule has 2 aromatic carbocycles. The number of fused-ring (bicyclic) bond motifs is 2. The fourth-order valence-electron chi connectivity index (χ4n) is 6.14. The number of carbonyl (C=O) groups is 2. The van der Waals surface area contributed by atoms with Gasteiger partial charge in [0.1, 0.15) is 11.5 Å². The number of benzene rings is 2. The second kappa shape index (κ2) is 13.1. The van der Waals surface area contributed by atoms with Gasteiger partial charge in [-0.2, -0.15) is 0 Å². The highest BCUT2D eigenvalue weighted by Crippen LogP contribution is 2.39. The van der Waals surface area contributed by atoms with Crippen LogP contribution in [0.15, 0.2) is 48.5 Å². The predicted molar refractivity (Wildman–Crippen MR) is 155 cm³/mol. The van der Waals surface area contributed by atoms with Crippen LogP contribution in [-0.2, 0) is 4.74 Å². The first-order chi connectivity index (χ1) is 19.4. The van der Waals surface area contributed by atoms with Crippen molar-refractivity contribution >= 4 is 11.8 Å². The Morgan fingerprint density at radius 2 is 1.77 bits per heavy atom. The Balaban J connectivity index is 1.26. The Labute approximate surface area is 238 Å². The SMILES string of the molecule is CC(C)COc1ccc(C(=O)N2CCC3(CCCCOC[C@@H]4CCCN4C(=O)c4ccccc4OC3)CC2)cc1. The highest BCUT2D eigenvalue weighted by molar-refractivity contribution is 5.97. The van der Waals surface area contributed by atoms with Crippen LogP contribution in [0.2, 0.25) is 0 Å². The fourth-order valence-corrected chi connectivity index (χ4v) is 6.14. The van der Waals surface area contributed by atoms with Gasteiger partial charge in [-0.1, -0.05) is 32.4 Å². The van der Waals surface area contributed by atoms with Crippen LogP contribution in [-0.4, -0.2) is 73.7 Å². The van der Waals surface area contributed by atoms with Gasteiger partial charge < -0.3 is 24.0 Å². The number of likely N-dealkylation sites (tertiary alicyclic amines) is 1. The smallest absolute Gasteiger partial charge is 0.257 e.